The molecule has 7 heteroatoms. The highest BCUT2D eigenvalue weighted by Crippen LogP contribution is 2.20. The van der Waals surface area contributed by atoms with E-state index >= 15 is 0 Å². The number of amides is 1. The first kappa shape index (κ1) is 17.6. The number of nitrogens with two attached hydrogens (primary N) is 1. The summed E-state index contributed by atoms with van der Waals surface area (Å²) in [5.41, 5.74) is 7.05. The summed E-state index contributed by atoms with van der Waals surface area (Å²) in [6.07, 6.45) is 0.569. The smallest absolute Gasteiger partial charge is 0.241 e. The highest BCUT2D eigenvalue weighted by atomic mass is 32.2. The largest absolute Gasteiger partial charge is 0.324 e. The van der Waals surface area contributed by atoms with E-state index in [0.29, 0.717) is 18.0 Å². The topological polar surface area (TPSA) is 101 Å². The van der Waals surface area contributed by atoms with Crippen LogP contribution in [0.4, 0.5) is 5.69 Å². The minimum absolute atomic E-state index is 0.100. The molecule has 0 heterocycles. The number of benzene rings is 1. The summed E-state index contributed by atoms with van der Waals surface area (Å²) >= 11 is 0. The van der Waals surface area contributed by atoms with Crippen LogP contribution in [-0.4, -0.2) is 27.4 Å². The Balaban J connectivity index is 2.98. The van der Waals surface area contributed by atoms with E-state index in [9.17, 15) is 13.2 Å². The molecule has 0 saturated carbocycles. The van der Waals surface area contributed by atoms with Crippen molar-refractivity contribution in [2.75, 3.05) is 12.4 Å². The van der Waals surface area contributed by atoms with E-state index in [0.717, 1.165) is 5.56 Å². The van der Waals surface area contributed by atoms with Gasteiger partial charge in [-0.1, -0.05) is 19.9 Å². The lowest BCUT2D eigenvalue weighted by atomic mass is 10.0. The van der Waals surface area contributed by atoms with Crippen LogP contribution in [-0.2, 0) is 14.8 Å². The molecule has 118 valence electrons. The SMILES string of the molecule is CNS(=O)(=O)c1ccc(C)c(NC(=O)[C@H](N)CC(C)C)c1. The minimum Gasteiger partial charge on any atom is -0.324 e. The van der Waals surface area contributed by atoms with Gasteiger partial charge < -0.3 is 11.1 Å². The molecule has 0 aromatic heterocycles. The van der Waals surface area contributed by atoms with Crippen LogP contribution in [0.1, 0.15) is 25.8 Å². The fraction of sp³-hybridized carbons (Fsp3) is 0.500. The Hall–Kier alpha value is -1.44. The van der Waals surface area contributed by atoms with E-state index in [1.807, 2.05) is 13.8 Å². The van der Waals surface area contributed by atoms with Crippen LogP contribution in [0.2, 0.25) is 0 Å². The first-order valence-corrected chi connectivity index (χ1v) is 8.26. The summed E-state index contributed by atoms with van der Waals surface area (Å²) in [6.45, 7) is 5.76. The average molecular weight is 313 g/mol. The minimum atomic E-state index is -3.55. The van der Waals surface area contributed by atoms with Crippen molar-refractivity contribution >= 4 is 21.6 Å². The van der Waals surface area contributed by atoms with Crippen molar-refractivity contribution in [2.45, 2.75) is 38.1 Å². The summed E-state index contributed by atoms with van der Waals surface area (Å²) in [5, 5.41) is 2.70. The quantitative estimate of drug-likeness (QED) is 0.735. The lowest BCUT2D eigenvalue weighted by molar-refractivity contribution is -0.117. The molecule has 1 atom stereocenters. The number of aryl methyl sites for hydroxylation is 1. The maximum absolute atomic E-state index is 12.0. The Kier molecular flexibility index (Phi) is 5.88. The van der Waals surface area contributed by atoms with Crippen LogP contribution in [0.15, 0.2) is 23.1 Å². The number of anilines is 1. The predicted octanol–water partition coefficient (Wildman–Crippen LogP) is 1.22. The fourth-order valence-corrected chi connectivity index (χ4v) is 2.62. The van der Waals surface area contributed by atoms with Crippen molar-refractivity contribution in [3.05, 3.63) is 23.8 Å². The molecule has 4 N–H and O–H groups in total. The van der Waals surface area contributed by atoms with Crippen molar-refractivity contribution in [3.63, 3.8) is 0 Å². The van der Waals surface area contributed by atoms with Gasteiger partial charge in [0.25, 0.3) is 0 Å². The molecule has 21 heavy (non-hydrogen) atoms. The first-order valence-electron chi connectivity index (χ1n) is 6.78. The normalized spacial score (nSPS) is 13.2. The Morgan fingerprint density at radius 2 is 1.95 bits per heavy atom. The van der Waals surface area contributed by atoms with E-state index in [-0.39, 0.29) is 10.8 Å². The molecule has 0 aliphatic heterocycles. The molecule has 0 unspecified atom stereocenters. The lowest BCUT2D eigenvalue weighted by Gasteiger charge is -2.16. The van der Waals surface area contributed by atoms with E-state index in [2.05, 4.69) is 10.0 Å². The first-order chi connectivity index (χ1) is 9.67. The van der Waals surface area contributed by atoms with E-state index in [1.165, 1.54) is 19.2 Å². The van der Waals surface area contributed by atoms with Crippen LogP contribution < -0.4 is 15.8 Å². The molecule has 1 aromatic rings. The van der Waals surface area contributed by atoms with Crippen LogP contribution in [0, 0.1) is 12.8 Å². The molecule has 0 bridgehead atoms. The zero-order valence-corrected chi connectivity index (χ0v) is 13.6. The number of hydrogen-bond acceptors (Lipinski definition) is 4. The number of sulfonamides is 1. The van der Waals surface area contributed by atoms with Gasteiger partial charge in [0, 0.05) is 5.69 Å². The van der Waals surface area contributed by atoms with Gasteiger partial charge in [-0.15, -0.1) is 0 Å². The Morgan fingerprint density at radius 3 is 2.48 bits per heavy atom. The van der Waals surface area contributed by atoms with Gasteiger partial charge in [0.2, 0.25) is 15.9 Å². The molecule has 0 radical (unpaired) electrons. The summed E-state index contributed by atoms with van der Waals surface area (Å²) in [6, 6.07) is 3.95. The summed E-state index contributed by atoms with van der Waals surface area (Å²) < 4.78 is 25.8. The van der Waals surface area contributed by atoms with Crippen molar-refractivity contribution in [3.8, 4) is 0 Å². The van der Waals surface area contributed by atoms with Gasteiger partial charge in [-0.25, -0.2) is 13.1 Å². The standard InChI is InChI=1S/C14H23N3O3S/c1-9(2)7-12(15)14(18)17-13-8-11(6-5-10(13)3)21(19,20)16-4/h5-6,8-9,12,16H,7,15H2,1-4H3,(H,17,18)/t12-/m1/s1. The molecule has 1 aromatic carbocycles. The van der Waals surface area contributed by atoms with Crippen molar-refractivity contribution in [1.29, 1.82) is 0 Å². The Morgan fingerprint density at radius 1 is 1.33 bits per heavy atom. The molecule has 0 aliphatic rings. The van der Waals surface area contributed by atoms with Gasteiger partial charge in [-0.3, -0.25) is 4.79 Å². The number of carbonyl (C=O) groups excluding carboxylic acids is 1. The molecule has 0 fully saturated rings. The molecular weight excluding hydrogens is 290 g/mol. The van der Waals surface area contributed by atoms with Gasteiger partial charge in [0.05, 0.1) is 10.9 Å². The van der Waals surface area contributed by atoms with Crippen molar-refractivity contribution in [2.24, 2.45) is 11.7 Å². The van der Waals surface area contributed by atoms with Gasteiger partial charge in [-0.05, 0) is 44.0 Å². The summed E-state index contributed by atoms with van der Waals surface area (Å²) in [7, 11) is -2.21. The fourth-order valence-electron chi connectivity index (χ4n) is 1.86. The molecule has 0 aliphatic carbocycles. The Labute approximate surface area is 126 Å². The molecular formula is C14H23N3O3S. The van der Waals surface area contributed by atoms with E-state index in [4.69, 9.17) is 5.73 Å². The van der Waals surface area contributed by atoms with Crippen LogP contribution >= 0.6 is 0 Å². The molecule has 6 nitrogen and oxygen atoms in total. The molecule has 0 saturated heterocycles. The molecule has 0 spiro atoms. The van der Waals surface area contributed by atoms with Gasteiger partial charge in [0.15, 0.2) is 0 Å². The third-order valence-corrected chi connectivity index (χ3v) is 4.52. The van der Waals surface area contributed by atoms with Crippen LogP contribution in [0.3, 0.4) is 0 Å². The van der Waals surface area contributed by atoms with Gasteiger partial charge in [-0.2, -0.15) is 0 Å². The van der Waals surface area contributed by atoms with Crippen LogP contribution in [0.5, 0.6) is 0 Å². The highest BCUT2D eigenvalue weighted by molar-refractivity contribution is 7.89. The monoisotopic (exact) mass is 313 g/mol. The maximum atomic E-state index is 12.0. The zero-order chi connectivity index (χ0) is 16.2. The van der Waals surface area contributed by atoms with Gasteiger partial charge >= 0.3 is 0 Å². The van der Waals surface area contributed by atoms with E-state index in [1.54, 1.807) is 13.0 Å². The molecule has 1 amide bonds. The second-order valence-electron chi connectivity index (χ2n) is 5.41. The average Bonchev–Trinajstić information content (AvgIpc) is 2.40. The molecule has 1 rings (SSSR count). The maximum Gasteiger partial charge on any atom is 0.241 e. The number of nitrogens with one attached hydrogen (secondary N) is 2. The second-order valence-corrected chi connectivity index (χ2v) is 7.30. The van der Waals surface area contributed by atoms with Crippen molar-refractivity contribution < 1.29 is 13.2 Å². The Bertz CT molecular complexity index is 612. The number of carbonyl (C=O) groups is 1. The zero-order valence-electron chi connectivity index (χ0n) is 12.8. The van der Waals surface area contributed by atoms with Gasteiger partial charge in [0.1, 0.15) is 0 Å². The third-order valence-electron chi connectivity index (χ3n) is 3.11. The van der Waals surface area contributed by atoms with Crippen LogP contribution in [0.25, 0.3) is 0 Å². The lowest BCUT2D eigenvalue weighted by Crippen LogP contribution is -2.36. The van der Waals surface area contributed by atoms with Crippen molar-refractivity contribution in [1.82, 2.24) is 4.72 Å². The third kappa shape index (κ3) is 4.80. The number of hydrogen-bond donors (Lipinski definition) is 3. The predicted molar refractivity (Wildman–Crippen MR) is 83.5 cm³/mol. The summed E-state index contributed by atoms with van der Waals surface area (Å²) in [4.78, 5) is 12.1. The highest BCUT2D eigenvalue weighted by Gasteiger charge is 2.18. The number of rotatable bonds is 6. The second kappa shape index (κ2) is 7.02. The summed E-state index contributed by atoms with van der Waals surface area (Å²) in [5.74, 6) is -0.00587. The van der Waals surface area contributed by atoms with E-state index < -0.39 is 16.1 Å².